The van der Waals surface area contributed by atoms with Gasteiger partial charge in [-0.25, -0.2) is 0 Å². The predicted molar refractivity (Wildman–Crippen MR) is 86.8 cm³/mol. The van der Waals surface area contributed by atoms with Crippen LogP contribution in [0.15, 0.2) is 30.3 Å². The van der Waals surface area contributed by atoms with E-state index in [1.807, 2.05) is 25.1 Å². The van der Waals surface area contributed by atoms with E-state index in [1.54, 1.807) is 26.4 Å². The molecule has 0 bridgehead atoms. The molecule has 1 atom stereocenters. The number of hydrogen-bond acceptors (Lipinski definition) is 3. The number of methoxy groups -OCH3 is 2. The summed E-state index contributed by atoms with van der Waals surface area (Å²) in [6, 6.07) is 8.83. The summed E-state index contributed by atoms with van der Waals surface area (Å²) in [4.78, 5) is 0. The minimum atomic E-state index is -0.393. The van der Waals surface area contributed by atoms with Crippen molar-refractivity contribution in [2.45, 2.75) is 13.0 Å². The Kier molecular flexibility index (Phi) is 4.99. The SMILES string of the molecule is COc1cc(Cl)c(C(N)c2ccc(C)c(Cl)c2)cc1OC. The zero-order valence-corrected chi connectivity index (χ0v) is 13.6. The average molecular weight is 326 g/mol. The summed E-state index contributed by atoms with van der Waals surface area (Å²) >= 11 is 12.5. The van der Waals surface area contributed by atoms with Crippen molar-refractivity contribution in [3.63, 3.8) is 0 Å². The van der Waals surface area contributed by atoms with Gasteiger partial charge in [0.25, 0.3) is 0 Å². The first-order valence-electron chi connectivity index (χ1n) is 6.41. The minimum absolute atomic E-state index is 0.393. The van der Waals surface area contributed by atoms with E-state index in [0.717, 1.165) is 16.7 Å². The van der Waals surface area contributed by atoms with E-state index in [2.05, 4.69) is 0 Å². The van der Waals surface area contributed by atoms with Gasteiger partial charge in [-0.15, -0.1) is 0 Å². The van der Waals surface area contributed by atoms with Gasteiger partial charge < -0.3 is 15.2 Å². The Morgan fingerprint density at radius 3 is 2.14 bits per heavy atom. The van der Waals surface area contributed by atoms with Crippen molar-refractivity contribution in [1.82, 2.24) is 0 Å². The molecule has 0 spiro atoms. The molecular formula is C16H17Cl2NO2. The Hall–Kier alpha value is -1.42. The zero-order valence-electron chi connectivity index (χ0n) is 12.1. The molecule has 0 radical (unpaired) electrons. The van der Waals surface area contributed by atoms with Crippen LogP contribution in [0.1, 0.15) is 22.7 Å². The highest BCUT2D eigenvalue weighted by molar-refractivity contribution is 6.32. The maximum Gasteiger partial charge on any atom is 0.162 e. The van der Waals surface area contributed by atoms with E-state index < -0.39 is 6.04 Å². The van der Waals surface area contributed by atoms with Crippen LogP contribution in [0, 0.1) is 6.92 Å². The topological polar surface area (TPSA) is 44.5 Å². The third-order valence-corrected chi connectivity index (χ3v) is 4.13. The van der Waals surface area contributed by atoms with E-state index in [9.17, 15) is 0 Å². The highest BCUT2D eigenvalue weighted by Crippen LogP contribution is 2.37. The first kappa shape index (κ1) is 16.0. The van der Waals surface area contributed by atoms with Crippen LogP contribution in [0.2, 0.25) is 10.0 Å². The minimum Gasteiger partial charge on any atom is -0.493 e. The average Bonchev–Trinajstić information content (AvgIpc) is 2.49. The molecule has 0 aliphatic rings. The van der Waals surface area contributed by atoms with E-state index in [4.69, 9.17) is 38.4 Å². The lowest BCUT2D eigenvalue weighted by atomic mass is 9.98. The number of nitrogens with two attached hydrogens (primary N) is 1. The summed E-state index contributed by atoms with van der Waals surface area (Å²) in [6.45, 7) is 1.95. The third-order valence-electron chi connectivity index (χ3n) is 3.39. The molecule has 0 saturated heterocycles. The van der Waals surface area contributed by atoms with Gasteiger partial charge in [0.15, 0.2) is 11.5 Å². The van der Waals surface area contributed by atoms with Crippen LogP contribution in [0.25, 0.3) is 0 Å². The highest BCUT2D eigenvalue weighted by Gasteiger charge is 2.17. The smallest absolute Gasteiger partial charge is 0.162 e. The Morgan fingerprint density at radius 1 is 0.952 bits per heavy atom. The fourth-order valence-corrected chi connectivity index (χ4v) is 2.55. The van der Waals surface area contributed by atoms with Gasteiger partial charge in [0.2, 0.25) is 0 Å². The van der Waals surface area contributed by atoms with Gasteiger partial charge in [-0.05, 0) is 35.7 Å². The third kappa shape index (κ3) is 3.26. The molecule has 0 fully saturated rings. The number of benzene rings is 2. The van der Waals surface area contributed by atoms with Crippen LogP contribution in [0.5, 0.6) is 11.5 Å². The van der Waals surface area contributed by atoms with Crippen molar-refractivity contribution in [3.05, 3.63) is 57.1 Å². The summed E-state index contributed by atoms with van der Waals surface area (Å²) in [6.07, 6.45) is 0. The second kappa shape index (κ2) is 6.56. The zero-order chi connectivity index (χ0) is 15.6. The quantitative estimate of drug-likeness (QED) is 0.907. The predicted octanol–water partition coefficient (Wildman–Crippen LogP) is 4.37. The van der Waals surface area contributed by atoms with Crippen molar-refractivity contribution in [3.8, 4) is 11.5 Å². The molecule has 2 aromatic rings. The molecule has 0 aromatic heterocycles. The molecule has 3 nitrogen and oxygen atoms in total. The van der Waals surface area contributed by atoms with Gasteiger partial charge in [0.05, 0.1) is 20.3 Å². The first-order chi connectivity index (χ1) is 9.97. The summed E-state index contributed by atoms with van der Waals surface area (Å²) in [5.41, 5.74) is 8.96. The summed E-state index contributed by atoms with van der Waals surface area (Å²) < 4.78 is 10.5. The van der Waals surface area contributed by atoms with Crippen LogP contribution >= 0.6 is 23.2 Å². The molecule has 0 saturated carbocycles. The highest BCUT2D eigenvalue weighted by atomic mass is 35.5. The van der Waals surface area contributed by atoms with E-state index in [1.165, 1.54) is 0 Å². The molecule has 21 heavy (non-hydrogen) atoms. The molecule has 0 aliphatic heterocycles. The van der Waals surface area contributed by atoms with Crippen LogP contribution in [0.4, 0.5) is 0 Å². The molecule has 1 unspecified atom stereocenters. The number of ether oxygens (including phenoxy) is 2. The number of halogens is 2. The molecular weight excluding hydrogens is 309 g/mol. The molecule has 2 N–H and O–H groups in total. The van der Waals surface area contributed by atoms with E-state index in [0.29, 0.717) is 21.5 Å². The number of aryl methyl sites for hydroxylation is 1. The van der Waals surface area contributed by atoms with Crippen molar-refractivity contribution >= 4 is 23.2 Å². The Morgan fingerprint density at radius 2 is 1.57 bits per heavy atom. The number of hydrogen-bond donors (Lipinski definition) is 1. The maximum atomic E-state index is 6.31. The second-order valence-corrected chi connectivity index (χ2v) is 5.53. The first-order valence-corrected chi connectivity index (χ1v) is 7.16. The summed E-state index contributed by atoms with van der Waals surface area (Å²) in [5.74, 6) is 1.16. The van der Waals surface area contributed by atoms with Gasteiger partial charge >= 0.3 is 0 Å². The van der Waals surface area contributed by atoms with Gasteiger partial charge in [0, 0.05) is 16.1 Å². The van der Waals surface area contributed by atoms with E-state index >= 15 is 0 Å². The van der Waals surface area contributed by atoms with E-state index in [-0.39, 0.29) is 0 Å². The lowest BCUT2D eigenvalue weighted by Crippen LogP contribution is -2.13. The van der Waals surface area contributed by atoms with Crippen molar-refractivity contribution < 1.29 is 9.47 Å². The molecule has 0 heterocycles. The molecule has 5 heteroatoms. The summed E-state index contributed by atoms with van der Waals surface area (Å²) in [7, 11) is 3.14. The van der Waals surface area contributed by atoms with Gasteiger partial charge in [0.1, 0.15) is 0 Å². The fourth-order valence-electron chi connectivity index (χ4n) is 2.09. The molecule has 2 rings (SSSR count). The van der Waals surface area contributed by atoms with Gasteiger partial charge in [-0.1, -0.05) is 35.3 Å². The van der Waals surface area contributed by atoms with Crippen molar-refractivity contribution in [2.75, 3.05) is 14.2 Å². The van der Waals surface area contributed by atoms with Gasteiger partial charge in [-0.2, -0.15) is 0 Å². The van der Waals surface area contributed by atoms with Crippen LogP contribution in [-0.4, -0.2) is 14.2 Å². The standard InChI is InChI=1S/C16H17Cl2NO2/c1-9-4-5-10(6-12(9)17)16(19)11-7-14(20-2)15(21-3)8-13(11)18/h4-8,16H,19H2,1-3H3. The lowest BCUT2D eigenvalue weighted by molar-refractivity contribution is 0.354. The second-order valence-electron chi connectivity index (χ2n) is 4.71. The largest absolute Gasteiger partial charge is 0.493 e. The van der Waals surface area contributed by atoms with Crippen molar-refractivity contribution in [2.24, 2.45) is 5.73 Å². The molecule has 0 amide bonds. The molecule has 112 valence electrons. The van der Waals surface area contributed by atoms with Crippen LogP contribution < -0.4 is 15.2 Å². The molecule has 0 aliphatic carbocycles. The number of rotatable bonds is 4. The van der Waals surface area contributed by atoms with Gasteiger partial charge in [-0.3, -0.25) is 0 Å². The lowest BCUT2D eigenvalue weighted by Gasteiger charge is -2.18. The summed E-state index contributed by atoms with van der Waals surface area (Å²) in [5, 5.41) is 1.20. The normalized spacial score (nSPS) is 12.1. The van der Waals surface area contributed by atoms with Crippen molar-refractivity contribution in [1.29, 1.82) is 0 Å². The monoisotopic (exact) mass is 325 g/mol. The molecule has 2 aromatic carbocycles. The Bertz CT molecular complexity index is 659. The fraction of sp³-hybridized carbons (Fsp3) is 0.250. The Balaban J connectivity index is 2.47. The van der Waals surface area contributed by atoms with Crippen LogP contribution in [0.3, 0.4) is 0 Å². The van der Waals surface area contributed by atoms with Crippen LogP contribution in [-0.2, 0) is 0 Å². The Labute approximate surface area is 134 Å². The maximum absolute atomic E-state index is 6.31.